The van der Waals surface area contributed by atoms with Gasteiger partial charge in [0.25, 0.3) is 11.8 Å². The molecule has 1 saturated heterocycles. The lowest BCUT2D eigenvalue weighted by Crippen LogP contribution is -2.55. The van der Waals surface area contributed by atoms with E-state index in [1.807, 2.05) is 46.7 Å². The van der Waals surface area contributed by atoms with Crippen molar-refractivity contribution in [3.05, 3.63) is 77.4 Å². The topological polar surface area (TPSA) is 93.1 Å². The van der Waals surface area contributed by atoms with Gasteiger partial charge >= 0.3 is 0 Å². The third-order valence-corrected chi connectivity index (χ3v) is 6.75. The van der Waals surface area contributed by atoms with E-state index in [0.29, 0.717) is 18.8 Å². The van der Waals surface area contributed by atoms with Crippen molar-refractivity contribution in [1.29, 1.82) is 0 Å². The Morgan fingerprint density at radius 2 is 1.65 bits per heavy atom. The van der Waals surface area contributed by atoms with E-state index < -0.39 is 24.0 Å². The number of carbonyl (C=O) groups excluding carboxylic acids is 2. The van der Waals surface area contributed by atoms with Crippen LogP contribution in [-0.2, 0) is 16.1 Å². The average Bonchev–Trinajstić information content (AvgIpc) is 3.42. The van der Waals surface area contributed by atoms with Gasteiger partial charge in [-0.15, -0.1) is 11.3 Å². The van der Waals surface area contributed by atoms with Crippen LogP contribution >= 0.6 is 11.3 Å². The normalized spacial score (nSPS) is 15.6. The van der Waals surface area contributed by atoms with E-state index in [2.05, 4.69) is 5.32 Å². The summed E-state index contributed by atoms with van der Waals surface area (Å²) in [4.78, 5) is 29.3. The maximum absolute atomic E-state index is 14.0. The molecule has 2 heterocycles. The van der Waals surface area contributed by atoms with Crippen LogP contribution in [0, 0.1) is 5.82 Å². The SMILES string of the molecule is O=C(NCc1ccc(-c2cccs2)cc1)[C@H](O)[C@@H](O)C(=O)N1CCN(c2ccccc2F)CC1. The number of para-hydroxylation sites is 1. The molecule has 0 radical (unpaired) electrons. The number of thiophene rings is 1. The number of nitrogens with zero attached hydrogens (tertiary/aromatic N) is 2. The van der Waals surface area contributed by atoms with Gasteiger partial charge < -0.3 is 25.3 Å². The minimum atomic E-state index is -1.89. The van der Waals surface area contributed by atoms with Crippen molar-refractivity contribution in [3.8, 4) is 10.4 Å². The van der Waals surface area contributed by atoms with Crippen molar-refractivity contribution < 1.29 is 24.2 Å². The summed E-state index contributed by atoms with van der Waals surface area (Å²) in [6.45, 7) is 1.40. The number of nitrogens with one attached hydrogen (secondary N) is 1. The van der Waals surface area contributed by atoms with Crippen LogP contribution in [0.4, 0.5) is 10.1 Å². The van der Waals surface area contributed by atoms with Gasteiger partial charge in [0.2, 0.25) is 0 Å². The first-order chi connectivity index (χ1) is 16.4. The lowest BCUT2D eigenvalue weighted by Gasteiger charge is -2.37. The number of benzene rings is 2. The van der Waals surface area contributed by atoms with E-state index in [9.17, 15) is 24.2 Å². The lowest BCUT2D eigenvalue weighted by atomic mass is 10.1. The molecule has 2 amide bonds. The van der Waals surface area contributed by atoms with Crippen LogP contribution in [0.5, 0.6) is 0 Å². The molecule has 1 aliphatic heterocycles. The number of amides is 2. The Hall–Kier alpha value is -3.27. The average molecular weight is 484 g/mol. The second kappa shape index (κ2) is 10.8. The molecule has 0 spiro atoms. The minimum absolute atomic E-state index is 0.156. The van der Waals surface area contributed by atoms with Crippen LogP contribution in [0.2, 0.25) is 0 Å². The Labute approximate surface area is 201 Å². The van der Waals surface area contributed by atoms with Crippen molar-refractivity contribution in [2.24, 2.45) is 0 Å². The molecule has 1 aromatic heterocycles. The maximum atomic E-state index is 14.0. The van der Waals surface area contributed by atoms with Crippen LogP contribution in [0.15, 0.2) is 66.0 Å². The molecule has 1 fully saturated rings. The van der Waals surface area contributed by atoms with Gasteiger partial charge in [0.05, 0.1) is 5.69 Å². The van der Waals surface area contributed by atoms with Gasteiger partial charge in [0, 0.05) is 37.6 Å². The highest BCUT2D eigenvalue weighted by Crippen LogP contribution is 2.24. The molecule has 2 aromatic carbocycles. The molecular formula is C25H26FN3O4S. The number of aliphatic hydroxyl groups is 2. The summed E-state index contributed by atoms with van der Waals surface area (Å²) >= 11 is 1.64. The highest BCUT2D eigenvalue weighted by atomic mass is 32.1. The molecule has 2 atom stereocenters. The van der Waals surface area contributed by atoms with Crippen LogP contribution in [-0.4, -0.2) is 65.3 Å². The number of anilines is 1. The number of hydrogen-bond acceptors (Lipinski definition) is 6. The molecular weight excluding hydrogens is 457 g/mol. The Kier molecular flexibility index (Phi) is 7.56. The molecule has 9 heteroatoms. The molecule has 3 aromatic rings. The number of rotatable bonds is 7. The standard InChI is InChI=1S/C25H26FN3O4S/c26-19-4-1-2-5-20(19)28-11-13-29(14-12-28)25(33)23(31)22(30)24(32)27-16-17-7-9-18(10-8-17)21-6-3-15-34-21/h1-10,15,22-23,30-31H,11-14,16H2,(H,27,32)/t22-,23-/m1/s1. The number of hydrogen-bond donors (Lipinski definition) is 3. The van der Waals surface area contributed by atoms with Crippen LogP contribution in [0.1, 0.15) is 5.56 Å². The predicted molar refractivity (Wildman–Crippen MR) is 129 cm³/mol. The Morgan fingerprint density at radius 3 is 2.29 bits per heavy atom. The molecule has 4 rings (SSSR count). The summed E-state index contributed by atoms with van der Waals surface area (Å²) in [5.41, 5.74) is 2.35. The second-order valence-corrected chi connectivity index (χ2v) is 8.99. The van der Waals surface area contributed by atoms with Gasteiger partial charge in [-0.3, -0.25) is 9.59 Å². The van der Waals surface area contributed by atoms with Gasteiger partial charge in [0.15, 0.2) is 12.2 Å². The first-order valence-electron chi connectivity index (χ1n) is 11.0. The summed E-state index contributed by atoms with van der Waals surface area (Å²) in [7, 11) is 0. The number of carbonyl (C=O) groups is 2. The van der Waals surface area contributed by atoms with Crippen LogP contribution in [0.3, 0.4) is 0 Å². The summed E-state index contributed by atoms with van der Waals surface area (Å²) < 4.78 is 14.0. The Bertz CT molecular complexity index is 1120. The van der Waals surface area contributed by atoms with Crippen molar-refractivity contribution in [1.82, 2.24) is 10.2 Å². The highest BCUT2D eigenvalue weighted by molar-refractivity contribution is 7.13. The van der Waals surface area contributed by atoms with Gasteiger partial charge in [-0.05, 0) is 34.7 Å². The van der Waals surface area contributed by atoms with E-state index in [4.69, 9.17) is 0 Å². The Balaban J connectivity index is 1.26. The van der Waals surface area contributed by atoms with Crippen molar-refractivity contribution in [2.75, 3.05) is 31.1 Å². The zero-order valence-corrected chi connectivity index (χ0v) is 19.2. The molecule has 7 nitrogen and oxygen atoms in total. The fourth-order valence-electron chi connectivity index (χ4n) is 3.86. The zero-order chi connectivity index (χ0) is 24.1. The first-order valence-corrected chi connectivity index (χ1v) is 11.9. The molecule has 0 aliphatic carbocycles. The second-order valence-electron chi connectivity index (χ2n) is 8.05. The number of halogens is 1. The van der Waals surface area contributed by atoms with E-state index in [0.717, 1.165) is 16.0 Å². The van der Waals surface area contributed by atoms with Crippen molar-refractivity contribution in [3.63, 3.8) is 0 Å². The van der Waals surface area contributed by atoms with Crippen molar-refractivity contribution >= 4 is 28.8 Å². The quantitative estimate of drug-likeness (QED) is 0.479. The molecule has 0 saturated carbocycles. The number of aliphatic hydroxyl groups excluding tert-OH is 2. The van der Waals surface area contributed by atoms with Crippen LogP contribution in [0.25, 0.3) is 10.4 Å². The van der Waals surface area contributed by atoms with Crippen LogP contribution < -0.4 is 10.2 Å². The molecule has 1 aliphatic rings. The van der Waals surface area contributed by atoms with E-state index in [1.54, 1.807) is 29.5 Å². The van der Waals surface area contributed by atoms with Crippen molar-refractivity contribution in [2.45, 2.75) is 18.8 Å². The number of piperazine rings is 1. The molecule has 0 unspecified atom stereocenters. The monoisotopic (exact) mass is 483 g/mol. The highest BCUT2D eigenvalue weighted by Gasteiger charge is 2.34. The molecule has 3 N–H and O–H groups in total. The van der Waals surface area contributed by atoms with Gasteiger partial charge in [-0.2, -0.15) is 0 Å². The minimum Gasteiger partial charge on any atom is -0.380 e. The summed E-state index contributed by atoms with van der Waals surface area (Å²) in [5.74, 6) is -1.89. The largest absolute Gasteiger partial charge is 0.380 e. The maximum Gasteiger partial charge on any atom is 0.254 e. The fourth-order valence-corrected chi connectivity index (χ4v) is 4.60. The summed E-state index contributed by atoms with van der Waals surface area (Å²) in [6, 6.07) is 18.0. The smallest absolute Gasteiger partial charge is 0.254 e. The third kappa shape index (κ3) is 5.44. The molecule has 178 valence electrons. The van der Waals surface area contributed by atoms with E-state index in [1.165, 1.54) is 11.0 Å². The molecule has 34 heavy (non-hydrogen) atoms. The molecule has 0 bridgehead atoms. The lowest BCUT2D eigenvalue weighted by molar-refractivity contribution is -0.153. The fraction of sp³-hybridized carbons (Fsp3) is 0.280. The van der Waals surface area contributed by atoms with E-state index in [-0.39, 0.29) is 25.5 Å². The first kappa shape index (κ1) is 23.9. The zero-order valence-electron chi connectivity index (χ0n) is 18.4. The van der Waals surface area contributed by atoms with E-state index >= 15 is 0 Å². The summed E-state index contributed by atoms with van der Waals surface area (Å²) in [6.07, 6.45) is -3.76. The van der Waals surface area contributed by atoms with Gasteiger partial charge in [-0.25, -0.2) is 4.39 Å². The van der Waals surface area contributed by atoms with Gasteiger partial charge in [0.1, 0.15) is 5.82 Å². The predicted octanol–water partition coefficient (Wildman–Crippen LogP) is 2.24. The Morgan fingerprint density at radius 1 is 0.941 bits per heavy atom. The van der Waals surface area contributed by atoms with Gasteiger partial charge in [-0.1, -0.05) is 42.5 Å². The summed E-state index contributed by atoms with van der Waals surface area (Å²) in [5, 5.41) is 25.1. The third-order valence-electron chi connectivity index (χ3n) is 5.83.